The summed E-state index contributed by atoms with van der Waals surface area (Å²) in [4.78, 5) is 5.33. The molecule has 0 saturated carbocycles. The topological polar surface area (TPSA) is 26.7 Å². The number of aliphatic hydroxyl groups is 1. The van der Waals surface area contributed by atoms with Gasteiger partial charge in [0.05, 0.1) is 6.10 Å². The summed E-state index contributed by atoms with van der Waals surface area (Å²) in [6, 6.07) is 1.50. The normalized spacial score (nSPS) is 33.4. The minimum Gasteiger partial charge on any atom is -0.393 e. The number of aliphatic hydroxyl groups excluding tert-OH is 1. The zero-order valence-corrected chi connectivity index (χ0v) is 11.4. The molecule has 3 heteroatoms. The molecule has 0 bridgehead atoms. The summed E-state index contributed by atoms with van der Waals surface area (Å²) in [6.07, 6.45) is 6.13. The second-order valence-electron chi connectivity index (χ2n) is 5.98. The lowest BCUT2D eigenvalue weighted by molar-refractivity contribution is 0.0132. The number of hydrogen-bond acceptors (Lipinski definition) is 3. The fourth-order valence-electron chi connectivity index (χ4n) is 3.31. The Labute approximate surface area is 106 Å². The molecule has 1 N–H and O–H groups in total. The summed E-state index contributed by atoms with van der Waals surface area (Å²) < 4.78 is 0. The Morgan fingerprint density at radius 3 is 2.88 bits per heavy atom. The Bertz CT molecular complexity index is 232. The van der Waals surface area contributed by atoms with Gasteiger partial charge in [-0.3, -0.25) is 9.80 Å². The Balaban J connectivity index is 1.78. The quantitative estimate of drug-likeness (QED) is 0.810. The number of fused-ring (bicyclic) bond motifs is 1. The van der Waals surface area contributed by atoms with Crippen LogP contribution in [0.3, 0.4) is 0 Å². The van der Waals surface area contributed by atoms with Gasteiger partial charge in [0.1, 0.15) is 0 Å². The van der Waals surface area contributed by atoms with Gasteiger partial charge in [0, 0.05) is 25.2 Å². The van der Waals surface area contributed by atoms with Crippen molar-refractivity contribution in [3.05, 3.63) is 0 Å². The van der Waals surface area contributed by atoms with Crippen molar-refractivity contribution >= 4 is 0 Å². The minimum atomic E-state index is -0.138. The zero-order chi connectivity index (χ0) is 12.3. The summed E-state index contributed by atoms with van der Waals surface area (Å²) in [5.41, 5.74) is 0. The third kappa shape index (κ3) is 3.67. The van der Waals surface area contributed by atoms with Gasteiger partial charge in [-0.25, -0.2) is 0 Å². The minimum absolute atomic E-state index is 0.138. The van der Waals surface area contributed by atoms with Crippen LogP contribution >= 0.6 is 0 Å². The first-order valence-corrected chi connectivity index (χ1v) is 7.33. The molecule has 3 nitrogen and oxygen atoms in total. The molecule has 2 aliphatic rings. The van der Waals surface area contributed by atoms with Crippen LogP contribution in [0.1, 0.15) is 46.0 Å². The van der Waals surface area contributed by atoms with Gasteiger partial charge in [0.2, 0.25) is 0 Å². The molecule has 3 atom stereocenters. The van der Waals surface area contributed by atoms with E-state index in [1.807, 2.05) is 6.92 Å². The number of piperazine rings is 1. The summed E-state index contributed by atoms with van der Waals surface area (Å²) >= 11 is 0. The predicted octanol–water partition coefficient (Wildman–Crippen LogP) is 1.71. The van der Waals surface area contributed by atoms with E-state index in [-0.39, 0.29) is 6.10 Å². The van der Waals surface area contributed by atoms with E-state index in [1.54, 1.807) is 0 Å². The van der Waals surface area contributed by atoms with Crippen molar-refractivity contribution in [1.82, 2.24) is 9.80 Å². The lowest BCUT2D eigenvalue weighted by Crippen LogP contribution is -2.58. The van der Waals surface area contributed by atoms with Gasteiger partial charge in [0.15, 0.2) is 0 Å². The van der Waals surface area contributed by atoms with Crippen LogP contribution in [0.5, 0.6) is 0 Å². The van der Waals surface area contributed by atoms with Gasteiger partial charge in [-0.05, 0) is 52.6 Å². The largest absolute Gasteiger partial charge is 0.393 e. The van der Waals surface area contributed by atoms with E-state index >= 15 is 0 Å². The molecule has 0 aromatic heterocycles. The highest BCUT2D eigenvalue weighted by molar-refractivity contribution is 4.88. The van der Waals surface area contributed by atoms with Gasteiger partial charge >= 0.3 is 0 Å². The zero-order valence-electron chi connectivity index (χ0n) is 11.4. The average Bonchev–Trinajstić information content (AvgIpc) is 2.29. The molecular weight excluding hydrogens is 212 g/mol. The maximum Gasteiger partial charge on any atom is 0.0512 e. The molecule has 2 fully saturated rings. The van der Waals surface area contributed by atoms with Crippen LogP contribution in [0, 0.1) is 0 Å². The van der Waals surface area contributed by atoms with Crippen molar-refractivity contribution in [2.45, 2.75) is 64.1 Å². The Hall–Kier alpha value is -0.120. The molecule has 0 aromatic rings. The second-order valence-corrected chi connectivity index (χ2v) is 5.98. The molecule has 17 heavy (non-hydrogen) atoms. The second kappa shape index (κ2) is 6.17. The highest BCUT2D eigenvalue weighted by atomic mass is 16.3. The Morgan fingerprint density at radius 2 is 2.12 bits per heavy atom. The summed E-state index contributed by atoms with van der Waals surface area (Å²) in [6.45, 7) is 9.23. The van der Waals surface area contributed by atoms with Crippen molar-refractivity contribution in [1.29, 1.82) is 0 Å². The first kappa shape index (κ1) is 13.3. The van der Waals surface area contributed by atoms with Gasteiger partial charge < -0.3 is 5.11 Å². The van der Waals surface area contributed by atoms with E-state index in [4.69, 9.17) is 0 Å². The Morgan fingerprint density at radius 1 is 1.29 bits per heavy atom. The van der Waals surface area contributed by atoms with Crippen LogP contribution in [-0.4, -0.2) is 59.3 Å². The summed E-state index contributed by atoms with van der Waals surface area (Å²) in [5.74, 6) is 0. The fourth-order valence-corrected chi connectivity index (χ4v) is 3.31. The van der Waals surface area contributed by atoms with Crippen LogP contribution in [0.25, 0.3) is 0 Å². The monoisotopic (exact) mass is 240 g/mol. The maximum atomic E-state index is 9.31. The lowest BCUT2D eigenvalue weighted by atomic mass is 9.97. The molecule has 100 valence electrons. The average molecular weight is 240 g/mol. The lowest BCUT2D eigenvalue weighted by Gasteiger charge is -2.47. The third-order valence-electron chi connectivity index (χ3n) is 4.38. The third-order valence-corrected chi connectivity index (χ3v) is 4.38. The van der Waals surface area contributed by atoms with Crippen molar-refractivity contribution in [2.75, 3.05) is 26.2 Å². The van der Waals surface area contributed by atoms with E-state index in [9.17, 15) is 5.11 Å². The van der Waals surface area contributed by atoms with Crippen LogP contribution in [0.4, 0.5) is 0 Å². The predicted molar refractivity (Wildman–Crippen MR) is 71.2 cm³/mol. The highest BCUT2D eigenvalue weighted by Gasteiger charge is 2.32. The first-order chi connectivity index (χ1) is 8.16. The van der Waals surface area contributed by atoms with Crippen LogP contribution < -0.4 is 0 Å². The molecule has 0 aromatic carbocycles. The van der Waals surface area contributed by atoms with Gasteiger partial charge in [-0.15, -0.1) is 0 Å². The van der Waals surface area contributed by atoms with Gasteiger partial charge in [-0.1, -0.05) is 6.42 Å². The standard InChI is InChI=1S/C14H28N2O/c1-12-10-16-8-4-3-7-14(16)11-15(12)9-5-6-13(2)17/h12-14,17H,3-11H2,1-2H3. The Kier molecular flexibility index (Phi) is 4.83. The molecular formula is C14H28N2O. The van der Waals surface area contributed by atoms with Crippen LogP contribution in [0.2, 0.25) is 0 Å². The SMILES string of the molecule is CC(O)CCCN1CC2CCCCN2CC1C. The summed E-state index contributed by atoms with van der Waals surface area (Å²) in [5, 5.41) is 9.31. The number of piperidine rings is 1. The van der Waals surface area contributed by atoms with Crippen molar-refractivity contribution < 1.29 is 5.11 Å². The molecule has 2 heterocycles. The van der Waals surface area contributed by atoms with E-state index in [0.717, 1.165) is 25.4 Å². The number of rotatable bonds is 4. The van der Waals surface area contributed by atoms with E-state index in [1.165, 1.54) is 38.9 Å². The van der Waals surface area contributed by atoms with Crippen molar-refractivity contribution in [2.24, 2.45) is 0 Å². The van der Waals surface area contributed by atoms with E-state index in [2.05, 4.69) is 16.7 Å². The molecule has 2 rings (SSSR count). The fraction of sp³-hybridized carbons (Fsp3) is 1.00. The number of hydrogen-bond donors (Lipinski definition) is 1. The van der Waals surface area contributed by atoms with Crippen molar-refractivity contribution in [3.8, 4) is 0 Å². The first-order valence-electron chi connectivity index (χ1n) is 7.33. The molecule has 0 aliphatic carbocycles. The molecule has 0 radical (unpaired) electrons. The molecule has 0 amide bonds. The van der Waals surface area contributed by atoms with Gasteiger partial charge in [0.25, 0.3) is 0 Å². The van der Waals surface area contributed by atoms with Crippen LogP contribution in [-0.2, 0) is 0 Å². The van der Waals surface area contributed by atoms with Gasteiger partial charge in [-0.2, -0.15) is 0 Å². The van der Waals surface area contributed by atoms with E-state index < -0.39 is 0 Å². The molecule has 3 unspecified atom stereocenters. The van der Waals surface area contributed by atoms with Crippen molar-refractivity contribution in [3.63, 3.8) is 0 Å². The van der Waals surface area contributed by atoms with E-state index in [0.29, 0.717) is 6.04 Å². The van der Waals surface area contributed by atoms with Crippen LogP contribution in [0.15, 0.2) is 0 Å². The highest BCUT2D eigenvalue weighted by Crippen LogP contribution is 2.24. The smallest absolute Gasteiger partial charge is 0.0512 e. The maximum absolute atomic E-state index is 9.31. The summed E-state index contributed by atoms with van der Waals surface area (Å²) in [7, 11) is 0. The molecule has 2 saturated heterocycles. The molecule has 2 aliphatic heterocycles. The molecule has 0 spiro atoms. The number of nitrogens with zero attached hydrogens (tertiary/aromatic N) is 2.